The Hall–Kier alpha value is -1.85. The number of hydrogen-bond donors (Lipinski definition) is 1. The van der Waals surface area contributed by atoms with Crippen LogP contribution >= 0.6 is 0 Å². The number of nitrogens with two attached hydrogens (primary N) is 1. The van der Waals surface area contributed by atoms with E-state index < -0.39 is 5.91 Å². The van der Waals surface area contributed by atoms with Gasteiger partial charge in [0.05, 0.1) is 25.0 Å². The van der Waals surface area contributed by atoms with E-state index >= 15 is 0 Å². The maximum atomic E-state index is 11.4. The average Bonchev–Trinajstić information content (AvgIpc) is 2.49. The second-order valence-corrected chi connectivity index (χ2v) is 4.59. The van der Waals surface area contributed by atoms with Crippen LogP contribution < -0.4 is 5.73 Å². The monoisotopic (exact) mass is 276 g/mol. The van der Waals surface area contributed by atoms with Crippen LogP contribution in [0.5, 0.6) is 0 Å². The highest BCUT2D eigenvalue weighted by atomic mass is 16.5. The molecular formula is C15H20N2O3. The minimum Gasteiger partial charge on any atom is -0.499 e. The molecule has 1 aromatic carbocycles. The van der Waals surface area contributed by atoms with Crippen LogP contribution in [0.2, 0.25) is 0 Å². The van der Waals surface area contributed by atoms with Gasteiger partial charge in [0.15, 0.2) is 0 Å². The third kappa shape index (κ3) is 4.36. The number of morpholine rings is 1. The van der Waals surface area contributed by atoms with Gasteiger partial charge in [-0.25, -0.2) is 0 Å². The van der Waals surface area contributed by atoms with E-state index in [1.54, 1.807) is 0 Å². The van der Waals surface area contributed by atoms with E-state index in [1.807, 2.05) is 30.3 Å². The van der Waals surface area contributed by atoms with E-state index in [0.717, 1.165) is 38.4 Å². The van der Waals surface area contributed by atoms with Gasteiger partial charge >= 0.3 is 0 Å². The number of hydrogen-bond acceptors (Lipinski definition) is 4. The summed E-state index contributed by atoms with van der Waals surface area (Å²) in [6.07, 6.45) is 1.46. The van der Waals surface area contributed by atoms with Crippen molar-refractivity contribution in [2.75, 3.05) is 39.5 Å². The number of carbonyl (C=O) groups is 1. The second-order valence-electron chi connectivity index (χ2n) is 4.59. The third-order valence-corrected chi connectivity index (χ3v) is 3.18. The number of ether oxygens (including phenoxy) is 2. The van der Waals surface area contributed by atoms with Crippen LogP contribution in [-0.2, 0) is 14.3 Å². The number of amides is 1. The van der Waals surface area contributed by atoms with Crippen LogP contribution in [0.1, 0.15) is 5.56 Å². The Morgan fingerprint density at radius 2 is 2.00 bits per heavy atom. The standard InChI is InChI=1S/C15H20N2O3/c16-15(18)14(13-4-2-1-3-5-13)12-20-11-8-17-6-9-19-10-7-17/h1-5,12H,6-11H2,(H2,16,18). The predicted octanol–water partition coefficient (Wildman–Crippen LogP) is 0.862. The predicted molar refractivity (Wildman–Crippen MR) is 76.8 cm³/mol. The number of rotatable bonds is 6. The molecule has 1 fully saturated rings. The minimum absolute atomic E-state index is 0.396. The van der Waals surface area contributed by atoms with Crippen LogP contribution in [0.25, 0.3) is 5.57 Å². The Balaban J connectivity index is 1.85. The van der Waals surface area contributed by atoms with Gasteiger partial charge < -0.3 is 15.2 Å². The summed E-state index contributed by atoms with van der Waals surface area (Å²) in [6.45, 7) is 4.74. The Kier molecular flexibility index (Phi) is 5.58. The van der Waals surface area contributed by atoms with Crippen LogP contribution in [0.4, 0.5) is 0 Å². The first-order valence-electron chi connectivity index (χ1n) is 6.74. The molecule has 1 aliphatic heterocycles. The summed E-state index contributed by atoms with van der Waals surface area (Å²) in [6, 6.07) is 9.28. The van der Waals surface area contributed by atoms with Crippen LogP contribution in [0.15, 0.2) is 36.6 Å². The molecule has 1 saturated heterocycles. The molecule has 0 saturated carbocycles. The van der Waals surface area contributed by atoms with E-state index in [0.29, 0.717) is 12.2 Å². The fraction of sp³-hybridized carbons (Fsp3) is 0.400. The highest BCUT2D eigenvalue weighted by molar-refractivity contribution is 6.18. The number of primary amides is 1. The molecule has 2 rings (SSSR count). The van der Waals surface area contributed by atoms with Crippen molar-refractivity contribution < 1.29 is 14.3 Å². The number of benzene rings is 1. The summed E-state index contributed by atoms with van der Waals surface area (Å²) in [5, 5.41) is 0. The van der Waals surface area contributed by atoms with Crippen molar-refractivity contribution in [2.45, 2.75) is 0 Å². The zero-order valence-electron chi connectivity index (χ0n) is 11.5. The van der Waals surface area contributed by atoms with Gasteiger partial charge in [-0.2, -0.15) is 0 Å². The van der Waals surface area contributed by atoms with E-state index in [9.17, 15) is 4.79 Å². The zero-order valence-corrected chi connectivity index (χ0v) is 11.5. The lowest BCUT2D eigenvalue weighted by molar-refractivity contribution is -0.112. The maximum absolute atomic E-state index is 11.4. The highest BCUT2D eigenvalue weighted by Crippen LogP contribution is 2.13. The second kappa shape index (κ2) is 7.67. The molecule has 0 bridgehead atoms. The molecule has 1 aromatic rings. The van der Waals surface area contributed by atoms with Gasteiger partial charge in [-0.1, -0.05) is 30.3 Å². The summed E-state index contributed by atoms with van der Waals surface area (Å²) in [5.41, 5.74) is 6.55. The molecule has 1 heterocycles. The Morgan fingerprint density at radius 3 is 2.65 bits per heavy atom. The Morgan fingerprint density at radius 1 is 1.30 bits per heavy atom. The molecule has 5 nitrogen and oxygen atoms in total. The summed E-state index contributed by atoms with van der Waals surface area (Å²) in [7, 11) is 0. The molecule has 108 valence electrons. The van der Waals surface area contributed by atoms with Gasteiger partial charge in [-0.3, -0.25) is 9.69 Å². The molecule has 0 atom stereocenters. The summed E-state index contributed by atoms with van der Waals surface area (Å²) < 4.78 is 10.7. The van der Waals surface area contributed by atoms with Gasteiger partial charge in [0.25, 0.3) is 5.91 Å². The van der Waals surface area contributed by atoms with E-state index in [-0.39, 0.29) is 0 Å². The lowest BCUT2D eigenvalue weighted by atomic mass is 10.1. The first-order chi connectivity index (χ1) is 9.77. The Labute approximate surface area is 119 Å². The van der Waals surface area contributed by atoms with Crippen LogP contribution in [-0.4, -0.2) is 50.3 Å². The first kappa shape index (κ1) is 14.6. The van der Waals surface area contributed by atoms with E-state index in [2.05, 4.69) is 4.90 Å². The largest absolute Gasteiger partial charge is 0.499 e. The minimum atomic E-state index is -0.484. The summed E-state index contributed by atoms with van der Waals surface area (Å²) in [4.78, 5) is 13.7. The topological polar surface area (TPSA) is 64.8 Å². The van der Waals surface area contributed by atoms with E-state index in [4.69, 9.17) is 15.2 Å². The van der Waals surface area contributed by atoms with Crippen molar-refractivity contribution in [1.29, 1.82) is 0 Å². The van der Waals surface area contributed by atoms with Crippen LogP contribution in [0, 0.1) is 0 Å². The van der Waals surface area contributed by atoms with Crippen molar-refractivity contribution in [2.24, 2.45) is 5.73 Å². The van der Waals surface area contributed by atoms with Crippen molar-refractivity contribution in [3.8, 4) is 0 Å². The zero-order chi connectivity index (χ0) is 14.2. The van der Waals surface area contributed by atoms with Crippen LogP contribution in [0.3, 0.4) is 0 Å². The van der Waals surface area contributed by atoms with Crippen molar-refractivity contribution in [1.82, 2.24) is 4.90 Å². The smallest absolute Gasteiger partial charge is 0.252 e. The molecule has 0 aliphatic carbocycles. The van der Waals surface area contributed by atoms with Gasteiger partial charge in [-0.05, 0) is 5.56 Å². The molecule has 0 unspecified atom stereocenters. The first-order valence-corrected chi connectivity index (χ1v) is 6.74. The quantitative estimate of drug-likeness (QED) is 0.475. The molecule has 0 aromatic heterocycles. The molecule has 5 heteroatoms. The fourth-order valence-electron chi connectivity index (χ4n) is 2.03. The van der Waals surface area contributed by atoms with Crippen molar-refractivity contribution >= 4 is 11.5 Å². The van der Waals surface area contributed by atoms with E-state index in [1.165, 1.54) is 6.26 Å². The third-order valence-electron chi connectivity index (χ3n) is 3.18. The average molecular weight is 276 g/mol. The van der Waals surface area contributed by atoms with Gasteiger partial charge in [-0.15, -0.1) is 0 Å². The normalized spacial score (nSPS) is 16.9. The number of carbonyl (C=O) groups excluding carboxylic acids is 1. The fourth-order valence-corrected chi connectivity index (χ4v) is 2.03. The lowest BCUT2D eigenvalue weighted by Gasteiger charge is -2.26. The molecule has 2 N–H and O–H groups in total. The molecule has 1 aliphatic rings. The van der Waals surface area contributed by atoms with Gasteiger partial charge in [0.2, 0.25) is 0 Å². The maximum Gasteiger partial charge on any atom is 0.252 e. The molecule has 0 radical (unpaired) electrons. The molecule has 0 spiro atoms. The molecule has 1 amide bonds. The lowest BCUT2D eigenvalue weighted by Crippen LogP contribution is -2.38. The van der Waals surface area contributed by atoms with Gasteiger partial charge in [0, 0.05) is 19.6 Å². The van der Waals surface area contributed by atoms with Crippen molar-refractivity contribution in [3.05, 3.63) is 42.2 Å². The SMILES string of the molecule is NC(=O)C(=COCCN1CCOCC1)c1ccccc1. The van der Waals surface area contributed by atoms with Gasteiger partial charge in [0.1, 0.15) is 6.61 Å². The van der Waals surface area contributed by atoms with Crippen molar-refractivity contribution in [3.63, 3.8) is 0 Å². The Bertz CT molecular complexity index is 453. The molecule has 20 heavy (non-hydrogen) atoms. The highest BCUT2D eigenvalue weighted by Gasteiger charge is 2.10. The number of nitrogens with zero attached hydrogens (tertiary/aromatic N) is 1. The molecular weight excluding hydrogens is 256 g/mol. The summed E-state index contributed by atoms with van der Waals surface area (Å²) in [5.74, 6) is -0.484. The summed E-state index contributed by atoms with van der Waals surface area (Å²) >= 11 is 0.